The van der Waals surface area contributed by atoms with Crippen LogP contribution in [0.5, 0.6) is 0 Å². The van der Waals surface area contributed by atoms with E-state index in [1.807, 2.05) is 4.90 Å². The molecular weight excluding hydrogens is 252 g/mol. The monoisotopic (exact) mass is 280 g/mol. The Labute approximate surface area is 122 Å². The summed E-state index contributed by atoms with van der Waals surface area (Å²) in [7, 11) is 0. The summed E-state index contributed by atoms with van der Waals surface area (Å²) >= 11 is 0. The molecule has 3 aliphatic rings. The highest BCUT2D eigenvalue weighted by atomic mass is 16.5. The second kappa shape index (κ2) is 5.64. The van der Waals surface area contributed by atoms with Crippen molar-refractivity contribution in [3.8, 4) is 0 Å². The van der Waals surface area contributed by atoms with Gasteiger partial charge in [-0.25, -0.2) is 0 Å². The lowest BCUT2D eigenvalue weighted by Gasteiger charge is -2.60. The molecule has 4 nitrogen and oxygen atoms in total. The fourth-order valence-corrected chi connectivity index (χ4v) is 4.40. The molecule has 2 aliphatic heterocycles. The van der Waals surface area contributed by atoms with Crippen LogP contribution in [0.2, 0.25) is 0 Å². The molecule has 3 fully saturated rings. The van der Waals surface area contributed by atoms with Gasteiger partial charge in [0, 0.05) is 50.0 Å². The molecule has 1 saturated carbocycles. The molecule has 0 aromatic carbocycles. The van der Waals surface area contributed by atoms with Gasteiger partial charge in [-0.1, -0.05) is 13.8 Å². The number of nitrogens with one attached hydrogen (secondary N) is 1. The quantitative estimate of drug-likeness (QED) is 0.853. The number of ether oxygens (including phenoxy) is 1. The van der Waals surface area contributed by atoms with Crippen molar-refractivity contribution in [3.63, 3.8) is 0 Å². The average Bonchev–Trinajstić information content (AvgIpc) is 2.97. The molecule has 1 amide bonds. The largest absolute Gasteiger partial charge is 0.377 e. The number of nitrogens with zero attached hydrogens (tertiary/aromatic N) is 1. The van der Waals surface area contributed by atoms with Crippen LogP contribution in [0.1, 0.15) is 46.0 Å². The summed E-state index contributed by atoms with van der Waals surface area (Å²) in [6.07, 6.45) is 5.87. The minimum atomic E-state index is 0.210. The highest BCUT2D eigenvalue weighted by molar-refractivity contribution is 5.76. The number of carbonyl (C=O) groups excluding carboxylic acids is 1. The summed E-state index contributed by atoms with van der Waals surface area (Å²) < 4.78 is 5.92. The molecule has 4 heteroatoms. The zero-order valence-electron chi connectivity index (χ0n) is 12.9. The Hall–Kier alpha value is -0.610. The normalized spacial score (nSPS) is 35.5. The number of fused-ring (bicyclic) bond motifs is 1. The van der Waals surface area contributed by atoms with E-state index in [0.29, 0.717) is 30.4 Å². The first-order chi connectivity index (χ1) is 9.60. The van der Waals surface area contributed by atoms with Gasteiger partial charge in [0.25, 0.3) is 0 Å². The fraction of sp³-hybridized carbons (Fsp3) is 0.938. The predicted molar refractivity (Wildman–Crippen MR) is 78.5 cm³/mol. The minimum Gasteiger partial charge on any atom is -0.377 e. The lowest BCUT2D eigenvalue weighted by atomic mass is 9.55. The van der Waals surface area contributed by atoms with Gasteiger partial charge in [-0.15, -0.1) is 0 Å². The molecule has 0 bridgehead atoms. The molecule has 3 rings (SSSR count). The minimum absolute atomic E-state index is 0.210. The average molecular weight is 280 g/mol. The van der Waals surface area contributed by atoms with Crippen molar-refractivity contribution in [3.05, 3.63) is 0 Å². The molecule has 2 heterocycles. The molecule has 114 valence electrons. The standard InChI is InChI=1S/C16H28N2O2/c1-16(2)14(12-6-5-11-20-15(12)16)17-8-7-13(19)18-9-3-4-10-18/h12,14-15,17H,3-11H2,1-2H3. The molecular formula is C16H28N2O2. The molecule has 2 saturated heterocycles. The fourth-order valence-electron chi connectivity index (χ4n) is 4.40. The summed E-state index contributed by atoms with van der Waals surface area (Å²) in [5.41, 5.74) is 0.210. The van der Waals surface area contributed by atoms with Crippen LogP contribution in [-0.2, 0) is 9.53 Å². The van der Waals surface area contributed by atoms with Crippen LogP contribution in [-0.4, -0.2) is 49.2 Å². The van der Waals surface area contributed by atoms with E-state index in [2.05, 4.69) is 19.2 Å². The third kappa shape index (κ3) is 2.48. The first-order valence-corrected chi connectivity index (χ1v) is 8.23. The maximum absolute atomic E-state index is 12.0. The number of hydrogen-bond acceptors (Lipinski definition) is 3. The molecule has 0 spiro atoms. The third-order valence-electron chi connectivity index (χ3n) is 5.49. The maximum Gasteiger partial charge on any atom is 0.223 e. The molecule has 1 N–H and O–H groups in total. The highest BCUT2D eigenvalue weighted by Crippen LogP contribution is 2.51. The van der Waals surface area contributed by atoms with Crippen LogP contribution in [0.25, 0.3) is 0 Å². The summed E-state index contributed by atoms with van der Waals surface area (Å²) in [5.74, 6) is 0.976. The molecule has 3 atom stereocenters. The summed E-state index contributed by atoms with van der Waals surface area (Å²) in [5, 5.41) is 3.64. The van der Waals surface area contributed by atoms with Gasteiger partial charge < -0.3 is 15.0 Å². The van der Waals surface area contributed by atoms with E-state index in [4.69, 9.17) is 4.74 Å². The summed E-state index contributed by atoms with van der Waals surface area (Å²) in [4.78, 5) is 14.1. The van der Waals surface area contributed by atoms with Gasteiger partial charge in [-0.3, -0.25) is 4.79 Å². The van der Waals surface area contributed by atoms with Crippen molar-refractivity contribution in [2.75, 3.05) is 26.2 Å². The van der Waals surface area contributed by atoms with E-state index in [0.717, 1.165) is 26.2 Å². The van der Waals surface area contributed by atoms with Gasteiger partial charge in [-0.2, -0.15) is 0 Å². The van der Waals surface area contributed by atoms with Crippen LogP contribution >= 0.6 is 0 Å². The van der Waals surface area contributed by atoms with E-state index in [9.17, 15) is 4.79 Å². The van der Waals surface area contributed by atoms with Crippen molar-refractivity contribution in [1.29, 1.82) is 0 Å². The van der Waals surface area contributed by atoms with Crippen molar-refractivity contribution in [2.45, 2.75) is 58.1 Å². The predicted octanol–water partition coefficient (Wildman–Crippen LogP) is 1.79. The molecule has 1 aliphatic carbocycles. The lowest BCUT2D eigenvalue weighted by Crippen LogP contribution is -2.69. The Morgan fingerprint density at radius 2 is 2.05 bits per heavy atom. The van der Waals surface area contributed by atoms with Gasteiger partial charge in [0.2, 0.25) is 5.91 Å². The van der Waals surface area contributed by atoms with Crippen molar-refractivity contribution in [1.82, 2.24) is 10.2 Å². The smallest absolute Gasteiger partial charge is 0.223 e. The number of likely N-dealkylation sites (tertiary alicyclic amines) is 1. The Kier molecular flexibility index (Phi) is 4.04. The van der Waals surface area contributed by atoms with Crippen molar-refractivity contribution in [2.24, 2.45) is 11.3 Å². The first kappa shape index (κ1) is 14.3. The molecule has 0 aromatic heterocycles. The van der Waals surface area contributed by atoms with Crippen molar-refractivity contribution >= 4 is 5.91 Å². The highest BCUT2D eigenvalue weighted by Gasteiger charge is 2.57. The zero-order valence-corrected chi connectivity index (χ0v) is 12.9. The third-order valence-corrected chi connectivity index (χ3v) is 5.49. The number of rotatable bonds is 4. The van der Waals surface area contributed by atoms with E-state index < -0.39 is 0 Å². The number of carbonyl (C=O) groups is 1. The lowest BCUT2D eigenvalue weighted by molar-refractivity contribution is -0.192. The van der Waals surface area contributed by atoms with Gasteiger partial charge in [-0.05, 0) is 25.7 Å². The zero-order chi connectivity index (χ0) is 14.2. The Balaban J connectivity index is 1.45. The maximum atomic E-state index is 12.0. The van der Waals surface area contributed by atoms with Crippen LogP contribution in [0, 0.1) is 11.3 Å². The Morgan fingerprint density at radius 3 is 2.80 bits per heavy atom. The van der Waals surface area contributed by atoms with Crippen LogP contribution in [0.15, 0.2) is 0 Å². The van der Waals surface area contributed by atoms with E-state index in [1.165, 1.54) is 25.7 Å². The number of hydrogen-bond donors (Lipinski definition) is 1. The Morgan fingerprint density at radius 1 is 1.30 bits per heavy atom. The van der Waals surface area contributed by atoms with Crippen LogP contribution < -0.4 is 5.32 Å². The second-order valence-corrected chi connectivity index (χ2v) is 7.19. The Bertz CT molecular complexity index is 363. The van der Waals surface area contributed by atoms with E-state index >= 15 is 0 Å². The van der Waals surface area contributed by atoms with Crippen molar-refractivity contribution < 1.29 is 9.53 Å². The first-order valence-electron chi connectivity index (χ1n) is 8.23. The molecule has 3 unspecified atom stereocenters. The SMILES string of the molecule is CC1(C)C(NCCC(=O)N2CCCC2)C2CCCOC21. The van der Waals surface area contributed by atoms with Gasteiger partial charge in [0.1, 0.15) is 0 Å². The van der Waals surface area contributed by atoms with E-state index in [1.54, 1.807) is 0 Å². The molecule has 0 aromatic rings. The summed E-state index contributed by atoms with van der Waals surface area (Å²) in [6.45, 7) is 8.24. The van der Waals surface area contributed by atoms with Gasteiger partial charge in [0.05, 0.1) is 6.10 Å². The number of amides is 1. The van der Waals surface area contributed by atoms with Gasteiger partial charge in [0.15, 0.2) is 0 Å². The van der Waals surface area contributed by atoms with Crippen LogP contribution in [0.4, 0.5) is 0 Å². The second-order valence-electron chi connectivity index (χ2n) is 7.19. The van der Waals surface area contributed by atoms with Gasteiger partial charge >= 0.3 is 0 Å². The molecule has 20 heavy (non-hydrogen) atoms. The topological polar surface area (TPSA) is 41.6 Å². The summed E-state index contributed by atoms with van der Waals surface area (Å²) in [6, 6.07) is 0.513. The van der Waals surface area contributed by atoms with E-state index in [-0.39, 0.29) is 5.41 Å². The molecule has 0 radical (unpaired) electrons. The van der Waals surface area contributed by atoms with Crippen LogP contribution in [0.3, 0.4) is 0 Å².